The van der Waals surface area contributed by atoms with Gasteiger partial charge in [-0.2, -0.15) is 0 Å². The van der Waals surface area contributed by atoms with E-state index in [-0.39, 0.29) is 0 Å². The third-order valence-corrected chi connectivity index (χ3v) is 5.01. The van der Waals surface area contributed by atoms with Gasteiger partial charge < -0.3 is 5.32 Å². The number of aryl methyl sites for hydroxylation is 2. The summed E-state index contributed by atoms with van der Waals surface area (Å²) in [6.07, 6.45) is 2.38. The first kappa shape index (κ1) is 15.5. The minimum atomic E-state index is 0.708. The van der Waals surface area contributed by atoms with Crippen LogP contribution in [0.2, 0.25) is 0 Å². The highest BCUT2D eigenvalue weighted by atomic mass is 32.1. The van der Waals surface area contributed by atoms with Gasteiger partial charge in [-0.15, -0.1) is 11.3 Å². The van der Waals surface area contributed by atoms with Crippen LogP contribution in [0.4, 0.5) is 0 Å². The van der Waals surface area contributed by atoms with E-state index in [9.17, 15) is 0 Å². The van der Waals surface area contributed by atoms with Crippen molar-refractivity contribution in [2.45, 2.75) is 54.0 Å². The maximum Gasteiger partial charge on any atom is 0.0351 e. The Morgan fingerprint density at radius 3 is 2.50 bits per heavy atom. The van der Waals surface area contributed by atoms with Gasteiger partial charge in [0.2, 0.25) is 0 Å². The Bertz CT molecular complexity index is 581. The fourth-order valence-electron chi connectivity index (χ4n) is 2.61. The fraction of sp³-hybridized carbons (Fsp3) is 0.556. The summed E-state index contributed by atoms with van der Waals surface area (Å²) in [7, 11) is 0. The predicted octanol–water partition coefficient (Wildman–Crippen LogP) is 5.22. The quantitative estimate of drug-likeness (QED) is 0.719. The van der Waals surface area contributed by atoms with Crippen LogP contribution < -0.4 is 5.32 Å². The van der Waals surface area contributed by atoms with E-state index in [2.05, 4.69) is 52.1 Å². The zero-order valence-corrected chi connectivity index (χ0v) is 14.3. The largest absolute Gasteiger partial charge is 0.312 e. The highest BCUT2D eigenvalue weighted by Gasteiger charge is 2.14. The molecule has 2 rings (SSSR count). The highest BCUT2D eigenvalue weighted by molar-refractivity contribution is 7.19. The number of rotatable bonds is 6. The first-order valence-electron chi connectivity index (χ1n) is 7.75. The molecule has 2 heteroatoms. The Morgan fingerprint density at radius 1 is 1.15 bits per heavy atom. The van der Waals surface area contributed by atoms with Gasteiger partial charge in [0.05, 0.1) is 0 Å². The van der Waals surface area contributed by atoms with Gasteiger partial charge in [-0.1, -0.05) is 26.8 Å². The average Bonchev–Trinajstić information content (AvgIpc) is 2.68. The summed E-state index contributed by atoms with van der Waals surface area (Å²) in [5.41, 5.74) is 4.39. The Labute approximate surface area is 127 Å². The summed E-state index contributed by atoms with van der Waals surface area (Å²) in [6, 6.07) is 4.75. The van der Waals surface area contributed by atoms with Gasteiger partial charge in [-0.25, -0.2) is 0 Å². The number of hydrogen-bond acceptors (Lipinski definition) is 2. The Morgan fingerprint density at radius 2 is 1.85 bits per heavy atom. The summed E-state index contributed by atoms with van der Waals surface area (Å²) in [5.74, 6) is 0.708. The fourth-order valence-corrected chi connectivity index (χ4v) is 3.89. The molecule has 0 atom stereocenters. The third kappa shape index (κ3) is 3.42. The van der Waals surface area contributed by atoms with Gasteiger partial charge >= 0.3 is 0 Å². The molecule has 0 fully saturated rings. The van der Waals surface area contributed by atoms with Crippen LogP contribution in [-0.4, -0.2) is 6.54 Å². The Kier molecular flexibility index (Phi) is 5.22. The topological polar surface area (TPSA) is 12.0 Å². The van der Waals surface area contributed by atoms with E-state index >= 15 is 0 Å². The summed E-state index contributed by atoms with van der Waals surface area (Å²) < 4.78 is 1.46. The monoisotopic (exact) mass is 289 g/mol. The lowest BCUT2D eigenvalue weighted by Gasteiger charge is -2.09. The van der Waals surface area contributed by atoms with Gasteiger partial charge in [-0.05, 0) is 67.3 Å². The molecular weight excluding hydrogens is 262 g/mol. The molecule has 1 aromatic heterocycles. The molecule has 0 aliphatic heterocycles. The molecular formula is C18H27NS. The van der Waals surface area contributed by atoms with Gasteiger partial charge in [0.1, 0.15) is 0 Å². The van der Waals surface area contributed by atoms with E-state index in [0.717, 1.165) is 13.1 Å². The van der Waals surface area contributed by atoms with E-state index in [0.29, 0.717) is 5.92 Å². The second kappa shape index (κ2) is 6.73. The smallest absolute Gasteiger partial charge is 0.0351 e. The van der Waals surface area contributed by atoms with Crippen LogP contribution >= 0.6 is 11.3 Å². The maximum absolute atomic E-state index is 3.57. The van der Waals surface area contributed by atoms with E-state index in [1.165, 1.54) is 38.9 Å². The molecule has 0 radical (unpaired) electrons. The first-order chi connectivity index (χ1) is 9.52. The normalized spacial score (nSPS) is 11.7. The lowest BCUT2D eigenvalue weighted by atomic mass is 9.97. The summed E-state index contributed by atoms with van der Waals surface area (Å²) in [4.78, 5) is 1.53. The van der Waals surface area contributed by atoms with Crippen molar-refractivity contribution < 1.29 is 0 Å². The molecule has 2 aromatic rings. The molecule has 0 bridgehead atoms. The van der Waals surface area contributed by atoms with E-state index in [1.54, 1.807) is 5.56 Å². The van der Waals surface area contributed by atoms with Gasteiger partial charge in [-0.3, -0.25) is 0 Å². The summed E-state index contributed by atoms with van der Waals surface area (Å²) in [5, 5.41) is 5.05. The number of thiophene rings is 1. The van der Waals surface area contributed by atoms with Crippen LogP contribution in [0, 0.1) is 19.8 Å². The van der Waals surface area contributed by atoms with Crippen LogP contribution in [-0.2, 0) is 13.0 Å². The van der Waals surface area contributed by atoms with E-state index in [4.69, 9.17) is 0 Å². The number of benzene rings is 1. The second-order valence-corrected chi connectivity index (χ2v) is 7.35. The molecule has 0 spiro atoms. The van der Waals surface area contributed by atoms with Crippen molar-refractivity contribution in [1.82, 2.24) is 5.32 Å². The van der Waals surface area contributed by atoms with E-state index < -0.39 is 0 Å². The van der Waals surface area contributed by atoms with Crippen LogP contribution in [0.1, 0.15) is 48.8 Å². The minimum Gasteiger partial charge on any atom is -0.312 e. The molecule has 1 aromatic carbocycles. The Hall–Kier alpha value is -0.860. The average molecular weight is 289 g/mol. The molecule has 0 amide bonds. The van der Waals surface area contributed by atoms with Crippen molar-refractivity contribution in [2.75, 3.05) is 6.54 Å². The predicted molar refractivity (Wildman–Crippen MR) is 91.8 cm³/mol. The maximum atomic E-state index is 3.57. The van der Waals surface area contributed by atoms with Crippen LogP contribution in [0.3, 0.4) is 0 Å². The molecule has 1 nitrogen and oxygen atoms in total. The first-order valence-corrected chi connectivity index (χ1v) is 8.56. The van der Waals surface area contributed by atoms with Crippen LogP contribution in [0.15, 0.2) is 12.1 Å². The van der Waals surface area contributed by atoms with E-state index in [1.807, 2.05) is 11.3 Å². The molecule has 110 valence electrons. The summed E-state index contributed by atoms with van der Waals surface area (Å²) >= 11 is 1.98. The standard InChI is InChI=1S/C18H27NS/c1-6-7-19-11-18-15(8-12(2)3)16-9-13(4)14(5)10-17(16)20-18/h9-10,12,19H,6-8,11H2,1-5H3. The van der Waals surface area contributed by atoms with Crippen LogP contribution in [0.25, 0.3) is 10.1 Å². The highest BCUT2D eigenvalue weighted by Crippen LogP contribution is 2.34. The van der Waals surface area contributed by atoms with Crippen molar-refractivity contribution in [3.63, 3.8) is 0 Å². The zero-order chi connectivity index (χ0) is 14.7. The molecule has 20 heavy (non-hydrogen) atoms. The second-order valence-electron chi connectivity index (χ2n) is 6.21. The van der Waals surface area contributed by atoms with Crippen molar-refractivity contribution >= 4 is 21.4 Å². The van der Waals surface area contributed by atoms with Crippen LogP contribution in [0.5, 0.6) is 0 Å². The van der Waals surface area contributed by atoms with Crippen molar-refractivity contribution in [3.05, 3.63) is 33.7 Å². The zero-order valence-electron chi connectivity index (χ0n) is 13.5. The SMILES string of the molecule is CCCNCc1sc2cc(C)c(C)cc2c1CC(C)C. The molecule has 0 saturated heterocycles. The number of hydrogen-bond donors (Lipinski definition) is 1. The molecule has 0 unspecified atom stereocenters. The van der Waals surface area contributed by atoms with Gasteiger partial charge in [0.25, 0.3) is 0 Å². The molecule has 0 aliphatic carbocycles. The molecule has 0 saturated carbocycles. The van der Waals surface area contributed by atoms with Gasteiger partial charge in [0.15, 0.2) is 0 Å². The molecule has 1 N–H and O–H groups in total. The number of nitrogens with one attached hydrogen (secondary N) is 1. The molecule has 1 heterocycles. The van der Waals surface area contributed by atoms with Crippen molar-refractivity contribution in [2.24, 2.45) is 5.92 Å². The Balaban J connectivity index is 2.43. The lowest BCUT2D eigenvalue weighted by molar-refractivity contribution is 0.636. The van der Waals surface area contributed by atoms with Crippen molar-refractivity contribution in [3.8, 4) is 0 Å². The molecule has 0 aliphatic rings. The van der Waals surface area contributed by atoms with Gasteiger partial charge in [0, 0.05) is 16.1 Å². The van der Waals surface area contributed by atoms with Crippen molar-refractivity contribution in [1.29, 1.82) is 0 Å². The summed E-state index contributed by atoms with van der Waals surface area (Å²) in [6.45, 7) is 13.4. The minimum absolute atomic E-state index is 0.708. The third-order valence-electron chi connectivity index (χ3n) is 3.82. The number of fused-ring (bicyclic) bond motifs is 1. The lowest BCUT2D eigenvalue weighted by Crippen LogP contribution is -2.14.